The zero-order valence-electron chi connectivity index (χ0n) is 27.6. The lowest BCUT2D eigenvalue weighted by molar-refractivity contribution is 0.620. The molecule has 0 amide bonds. The van der Waals surface area contributed by atoms with E-state index in [0.717, 1.165) is 50.2 Å². The Morgan fingerprint density at radius 2 is 0.961 bits per heavy atom. The van der Waals surface area contributed by atoms with Gasteiger partial charge in [0.2, 0.25) is 5.89 Å². The molecule has 2 heterocycles. The van der Waals surface area contributed by atoms with Crippen molar-refractivity contribution in [3.8, 4) is 28.3 Å². The third-order valence-corrected chi connectivity index (χ3v) is 9.83. The van der Waals surface area contributed by atoms with Crippen molar-refractivity contribution in [2.24, 2.45) is 0 Å². The van der Waals surface area contributed by atoms with Crippen molar-refractivity contribution in [2.75, 3.05) is 4.90 Å². The third-order valence-electron chi connectivity index (χ3n) is 9.83. The number of para-hydroxylation sites is 2. The highest BCUT2D eigenvalue weighted by molar-refractivity contribution is 6.11. The highest BCUT2D eigenvalue weighted by Crippen LogP contribution is 2.42. The molecule has 0 N–H and O–H groups in total. The van der Waals surface area contributed by atoms with Crippen molar-refractivity contribution in [1.82, 2.24) is 9.55 Å². The number of anilines is 3. The number of nitrogens with zero attached hydrogens (tertiary/aromatic N) is 3. The second-order valence-electron chi connectivity index (χ2n) is 12.8. The molecule has 0 saturated heterocycles. The Kier molecular flexibility index (Phi) is 6.78. The van der Waals surface area contributed by atoms with Crippen LogP contribution in [0.15, 0.2) is 192 Å². The first-order chi connectivity index (χ1) is 25.3. The Bertz CT molecular complexity index is 2780. The molecule has 2 aromatic heterocycles. The summed E-state index contributed by atoms with van der Waals surface area (Å²) in [4.78, 5) is 7.35. The lowest BCUT2D eigenvalue weighted by Gasteiger charge is -2.27. The summed E-state index contributed by atoms with van der Waals surface area (Å²) in [5.41, 5.74) is 11.7. The van der Waals surface area contributed by atoms with Gasteiger partial charge < -0.3 is 13.9 Å². The van der Waals surface area contributed by atoms with Gasteiger partial charge in [-0.3, -0.25) is 0 Å². The Morgan fingerprint density at radius 1 is 0.412 bits per heavy atom. The van der Waals surface area contributed by atoms with Crippen LogP contribution in [0.4, 0.5) is 17.1 Å². The fraction of sp³-hybridized carbons (Fsp3) is 0. The number of benzene rings is 8. The number of oxazole rings is 1. The van der Waals surface area contributed by atoms with Crippen molar-refractivity contribution in [1.29, 1.82) is 0 Å². The average Bonchev–Trinajstić information content (AvgIpc) is 3.80. The van der Waals surface area contributed by atoms with Gasteiger partial charge >= 0.3 is 0 Å². The molecule has 8 aromatic carbocycles. The molecule has 0 atom stereocenters. The predicted molar refractivity (Wildman–Crippen MR) is 211 cm³/mol. The SMILES string of the molecule is c1ccc(-c2ccc(N(c3ccc(-n4c5ccccc5c5ccccc54)cc3)c3cccc4c3ccc3oc(-c5ccccc5)nc34)cc2)cc1. The smallest absolute Gasteiger partial charge is 0.227 e. The predicted octanol–water partition coefficient (Wildman–Crippen LogP) is 12.9. The molecule has 51 heavy (non-hydrogen) atoms. The molecule has 4 heteroatoms. The van der Waals surface area contributed by atoms with Crippen LogP contribution in [0.3, 0.4) is 0 Å². The quantitative estimate of drug-likeness (QED) is 0.179. The highest BCUT2D eigenvalue weighted by atomic mass is 16.3. The van der Waals surface area contributed by atoms with E-state index in [1.807, 2.05) is 36.4 Å². The molecule has 4 nitrogen and oxygen atoms in total. The van der Waals surface area contributed by atoms with Gasteiger partial charge in [0.1, 0.15) is 5.52 Å². The normalized spacial score (nSPS) is 11.5. The summed E-state index contributed by atoms with van der Waals surface area (Å²) in [6.45, 7) is 0. The minimum absolute atomic E-state index is 0.623. The summed E-state index contributed by atoms with van der Waals surface area (Å²) in [5, 5.41) is 4.64. The number of hydrogen-bond donors (Lipinski definition) is 0. The molecule has 0 bridgehead atoms. The summed E-state index contributed by atoms with van der Waals surface area (Å²) in [5.74, 6) is 0.623. The van der Waals surface area contributed by atoms with Gasteiger partial charge in [0.15, 0.2) is 5.58 Å². The average molecular weight is 654 g/mol. The topological polar surface area (TPSA) is 34.2 Å². The van der Waals surface area contributed by atoms with Gasteiger partial charge in [-0.25, -0.2) is 4.98 Å². The van der Waals surface area contributed by atoms with E-state index in [1.165, 1.54) is 32.9 Å². The van der Waals surface area contributed by atoms with E-state index >= 15 is 0 Å². The summed E-state index contributed by atoms with van der Waals surface area (Å²) >= 11 is 0. The van der Waals surface area contributed by atoms with Gasteiger partial charge in [0.05, 0.1) is 16.7 Å². The maximum absolute atomic E-state index is 6.27. The second kappa shape index (κ2) is 11.9. The first-order valence-electron chi connectivity index (χ1n) is 17.2. The van der Waals surface area contributed by atoms with Gasteiger partial charge in [-0.15, -0.1) is 0 Å². The van der Waals surface area contributed by atoms with E-state index in [-0.39, 0.29) is 0 Å². The molecule has 240 valence electrons. The largest absolute Gasteiger partial charge is 0.436 e. The van der Waals surface area contributed by atoms with Crippen LogP contribution in [0.25, 0.3) is 71.9 Å². The molecule has 0 saturated carbocycles. The highest BCUT2D eigenvalue weighted by Gasteiger charge is 2.19. The Labute approximate surface area is 295 Å². The summed E-state index contributed by atoms with van der Waals surface area (Å²) in [6, 6.07) is 66.3. The van der Waals surface area contributed by atoms with E-state index in [4.69, 9.17) is 9.40 Å². The van der Waals surface area contributed by atoms with Crippen LogP contribution in [0, 0.1) is 0 Å². The molecule has 10 aromatic rings. The van der Waals surface area contributed by atoms with Crippen LogP contribution in [0.5, 0.6) is 0 Å². The zero-order valence-corrected chi connectivity index (χ0v) is 27.6. The van der Waals surface area contributed by atoms with Gasteiger partial charge in [-0.1, -0.05) is 109 Å². The fourth-order valence-electron chi connectivity index (χ4n) is 7.44. The van der Waals surface area contributed by atoms with Gasteiger partial charge in [0.25, 0.3) is 0 Å². The van der Waals surface area contributed by atoms with Crippen molar-refractivity contribution in [3.63, 3.8) is 0 Å². The van der Waals surface area contributed by atoms with Crippen LogP contribution in [-0.4, -0.2) is 9.55 Å². The fourth-order valence-corrected chi connectivity index (χ4v) is 7.44. The number of hydrogen-bond acceptors (Lipinski definition) is 3. The molecule has 0 unspecified atom stereocenters. The molecular formula is C47H31N3O. The van der Waals surface area contributed by atoms with Crippen LogP contribution < -0.4 is 4.90 Å². The van der Waals surface area contributed by atoms with E-state index in [0.29, 0.717) is 5.89 Å². The number of fused-ring (bicyclic) bond motifs is 6. The van der Waals surface area contributed by atoms with Crippen molar-refractivity contribution >= 4 is 60.7 Å². The summed E-state index contributed by atoms with van der Waals surface area (Å²) < 4.78 is 8.63. The minimum Gasteiger partial charge on any atom is -0.436 e. The third kappa shape index (κ3) is 4.88. The van der Waals surface area contributed by atoms with Crippen molar-refractivity contribution in [3.05, 3.63) is 188 Å². The van der Waals surface area contributed by atoms with E-state index in [1.54, 1.807) is 0 Å². The van der Waals surface area contributed by atoms with Gasteiger partial charge in [-0.05, 0) is 90.0 Å². The van der Waals surface area contributed by atoms with E-state index < -0.39 is 0 Å². The molecule has 0 spiro atoms. The monoisotopic (exact) mass is 653 g/mol. The van der Waals surface area contributed by atoms with Crippen LogP contribution in [-0.2, 0) is 0 Å². The number of rotatable bonds is 6. The summed E-state index contributed by atoms with van der Waals surface area (Å²) in [7, 11) is 0. The lowest BCUT2D eigenvalue weighted by Crippen LogP contribution is -2.10. The minimum atomic E-state index is 0.623. The lowest BCUT2D eigenvalue weighted by atomic mass is 10.0. The molecule has 0 radical (unpaired) electrons. The van der Waals surface area contributed by atoms with Crippen LogP contribution in [0.1, 0.15) is 0 Å². The molecule has 10 rings (SSSR count). The Balaban J connectivity index is 1.14. The Hall–Kier alpha value is -6.91. The van der Waals surface area contributed by atoms with E-state index in [2.05, 4.69) is 161 Å². The van der Waals surface area contributed by atoms with Crippen molar-refractivity contribution in [2.45, 2.75) is 0 Å². The van der Waals surface area contributed by atoms with Gasteiger partial charge in [-0.2, -0.15) is 0 Å². The number of aromatic nitrogens is 2. The van der Waals surface area contributed by atoms with Gasteiger partial charge in [0, 0.05) is 44.2 Å². The Morgan fingerprint density at radius 3 is 1.63 bits per heavy atom. The summed E-state index contributed by atoms with van der Waals surface area (Å²) in [6.07, 6.45) is 0. The maximum Gasteiger partial charge on any atom is 0.227 e. The van der Waals surface area contributed by atoms with E-state index in [9.17, 15) is 0 Å². The van der Waals surface area contributed by atoms with Crippen LogP contribution >= 0.6 is 0 Å². The molecule has 0 aliphatic carbocycles. The van der Waals surface area contributed by atoms with Crippen molar-refractivity contribution < 1.29 is 4.42 Å². The first-order valence-corrected chi connectivity index (χ1v) is 17.2. The zero-order chi connectivity index (χ0) is 33.7. The molecular weight excluding hydrogens is 623 g/mol. The second-order valence-corrected chi connectivity index (χ2v) is 12.8. The maximum atomic E-state index is 6.27. The molecule has 0 fully saturated rings. The first kappa shape index (κ1) is 29.0. The van der Waals surface area contributed by atoms with Crippen LogP contribution in [0.2, 0.25) is 0 Å². The standard InChI is InChI=1S/C47H31N3O/c1-3-12-32(13-4-1)33-22-24-35(25-23-33)49(36-26-28-37(29-27-36)50-43-19-9-7-16-38(43)39-17-8-10-20-44(39)50)42-21-11-18-41-40(42)30-31-45-46(41)48-47(51-45)34-14-5-2-6-15-34/h1-31H. The molecule has 0 aliphatic rings. The molecule has 0 aliphatic heterocycles.